The van der Waals surface area contributed by atoms with Crippen LogP contribution < -0.4 is 0 Å². The third-order valence-electron chi connectivity index (χ3n) is 5.83. The summed E-state index contributed by atoms with van der Waals surface area (Å²) in [5, 5.41) is 10.7. The fourth-order valence-electron chi connectivity index (χ4n) is 4.06. The largest absolute Gasteiger partial charge is 0.385 e. The van der Waals surface area contributed by atoms with Crippen LogP contribution in [-0.2, 0) is 17.0 Å². The van der Waals surface area contributed by atoms with Gasteiger partial charge in [-0.15, -0.1) is 10.2 Å². The van der Waals surface area contributed by atoms with E-state index in [4.69, 9.17) is 9.72 Å². The lowest BCUT2D eigenvalue weighted by Crippen LogP contribution is -2.06. The van der Waals surface area contributed by atoms with Crippen molar-refractivity contribution >= 4 is 22.7 Å². The summed E-state index contributed by atoms with van der Waals surface area (Å²) in [6.45, 7) is 1.24. The number of hydrogen-bond donors (Lipinski definition) is 0. The molecular weight excluding hydrogens is 478 g/mol. The first-order valence-electron chi connectivity index (χ1n) is 11.6. The summed E-state index contributed by atoms with van der Waals surface area (Å²) in [5.74, 6) is -0.541. The van der Waals surface area contributed by atoms with Crippen molar-refractivity contribution in [3.8, 4) is 22.6 Å². The summed E-state index contributed by atoms with van der Waals surface area (Å²) < 4.78 is 34.4. The summed E-state index contributed by atoms with van der Waals surface area (Å²) in [7, 11) is 1.67. The lowest BCUT2D eigenvalue weighted by molar-refractivity contribution is 0.189. The number of halogens is 2. The molecule has 0 aliphatic rings. The maximum absolute atomic E-state index is 13.7. The topological polar surface area (TPSA) is 52.8 Å². The molecule has 0 bridgehead atoms. The molecule has 0 aliphatic carbocycles. The fraction of sp³-hybridized carbons (Fsp3) is 0.179. The first kappa shape index (κ1) is 24.1. The Morgan fingerprint density at radius 3 is 2.50 bits per heavy atom. The van der Waals surface area contributed by atoms with Gasteiger partial charge in [-0.3, -0.25) is 0 Å². The predicted molar refractivity (Wildman–Crippen MR) is 139 cm³/mol. The van der Waals surface area contributed by atoms with Gasteiger partial charge < -0.3 is 9.30 Å². The highest BCUT2D eigenvalue weighted by atomic mass is 32.2. The second-order valence-corrected chi connectivity index (χ2v) is 9.22. The minimum Gasteiger partial charge on any atom is -0.385 e. The van der Waals surface area contributed by atoms with E-state index in [2.05, 4.69) is 20.8 Å². The van der Waals surface area contributed by atoms with E-state index in [0.717, 1.165) is 46.0 Å². The van der Waals surface area contributed by atoms with Gasteiger partial charge in [-0.2, -0.15) is 0 Å². The van der Waals surface area contributed by atoms with Gasteiger partial charge in [-0.25, -0.2) is 13.8 Å². The van der Waals surface area contributed by atoms with Crippen LogP contribution in [0.15, 0.2) is 84.0 Å². The number of pyridine rings is 1. The predicted octanol–water partition coefficient (Wildman–Crippen LogP) is 6.77. The molecule has 2 aromatic heterocycles. The Kier molecular flexibility index (Phi) is 7.34. The lowest BCUT2D eigenvalue weighted by Gasteiger charge is -2.13. The van der Waals surface area contributed by atoms with Gasteiger partial charge in [0.2, 0.25) is 0 Å². The van der Waals surface area contributed by atoms with Crippen LogP contribution in [0, 0.1) is 11.6 Å². The summed E-state index contributed by atoms with van der Waals surface area (Å²) >= 11 is 1.44. The second-order valence-electron chi connectivity index (χ2n) is 8.28. The molecule has 3 aromatic carbocycles. The Morgan fingerprint density at radius 1 is 0.889 bits per heavy atom. The average molecular weight is 503 g/mol. The Labute approximate surface area is 212 Å². The summed E-state index contributed by atoms with van der Waals surface area (Å²) in [4.78, 5) is 4.89. The smallest absolute Gasteiger partial charge is 0.191 e. The first-order valence-corrected chi connectivity index (χ1v) is 12.6. The summed E-state index contributed by atoms with van der Waals surface area (Å²) in [5.41, 5.74) is 4.35. The Balaban J connectivity index is 1.57. The van der Waals surface area contributed by atoms with E-state index in [1.165, 1.54) is 17.8 Å². The molecule has 0 saturated carbocycles. The standard InChI is InChI=1S/C28H24F2N4OS/c1-35-15-7-14-34-27(32-33-28(34)36-18-19-12-13-23(29)24(30)16-19)22-17-26(20-8-3-2-4-9-20)31-25-11-6-5-10-21(22)25/h2-6,8-13,16-17H,7,14-15,18H2,1H3. The highest BCUT2D eigenvalue weighted by molar-refractivity contribution is 7.98. The number of hydrogen-bond acceptors (Lipinski definition) is 5. The van der Waals surface area contributed by atoms with E-state index < -0.39 is 11.6 Å². The minimum absolute atomic E-state index is 0.436. The number of thioether (sulfide) groups is 1. The second kappa shape index (κ2) is 11.0. The normalized spacial score (nSPS) is 11.3. The van der Waals surface area contributed by atoms with Gasteiger partial charge in [-0.1, -0.05) is 66.4 Å². The fourth-order valence-corrected chi connectivity index (χ4v) is 4.97. The highest BCUT2D eigenvalue weighted by Gasteiger charge is 2.19. The van der Waals surface area contributed by atoms with Crippen LogP contribution in [0.5, 0.6) is 0 Å². The maximum Gasteiger partial charge on any atom is 0.191 e. The zero-order valence-corrected chi connectivity index (χ0v) is 20.5. The molecule has 0 amide bonds. The minimum atomic E-state index is -0.855. The molecule has 8 heteroatoms. The number of methoxy groups -OCH3 is 1. The molecule has 0 fully saturated rings. The summed E-state index contributed by atoms with van der Waals surface area (Å²) in [6.07, 6.45) is 0.773. The van der Waals surface area contributed by atoms with Crippen LogP contribution in [0.1, 0.15) is 12.0 Å². The van der Waals surface area contributed by atoms with Gasteiger partial charge in [0.25, 0.3) is 0 Å². The third-order valence-corrected chi connectivity index (χ3v) is 6.86. The van der Waals surface area contributed by atoms with Crippen molar-refractivity contribution in [2.24, 2.45) is 0 Å². The Bertz CT molecular complexity index is 1490. The number of fused-ring (bicyclic) bond motifs is 1. The molecule has 0 atom stereocenters. The lowest BCUT2D eigenvalue weighted by atomic mass is 10.0. The number of ether oxygens (including phenoxy) is 1. The average Bonchev–Trinajstić information content (AvgIpc) is 3.31. The molecule has 0 spiro atoms. The third kappa shape index (κ3) is 5.15. The van der Waals surface area contributed by atoms with Crippen LogP contribution in [-0.4, -0.2) is 33.5 Å². The van der Waals surface area contributed by atoms with E-state index in [0.29, 0.717) is 29.6 Å². The molecule has 182 valence electrons. The number of benzene rings is 3. The first-order chi connectivity index (χ1) is 17.6. The number of rotatable bonds is 9. The quantitative estimate of drug-likeness (QED) is 0.165. The molecule has 2 heterocycles. The molecule has 5 nitrogen and oxygen atoms in total. The number of para-hydroxylation sites is 1. The van der Waals surface area contributed by atoms with Crippen LogP contribution in [0.25, 0.3) is 33.5 Å². The van der Waals surface area contributed by atoms with Crippen molar-refractivity contribution in [1.82, 2.24) is 19.7 Å². The van der Waals surface area contributed by atoms with Crippen molar-refractivity contribution in [3.63, 3.8) is 0 Å². The molecule has 0 N–H and O–H groups in total. The van der Waals surface area contributed by atoms with Gasteiger partial charge in [-0.05, 0) is 36.2 Å². The van der Waals surface area contributed by atoms with Crippen LogP contribution in [0.4, 0.5) is 8.78 Å². The SMILES string of the molecule is COCCCn1c(SCc2ccc(F)c(F)c2)nnc1-c1cc(-c2ccccc2)nc2ccccc12. The van der Waals surface area contributed by atoms with Crippen LogP contribution >= 0.6 is 11.8 Å². The molecule has 0 unspecified atom stereocenters. The number of aromatic nitrogens is 4. The Hall–Kier alpha value is -3.62. The van der Waals surface area contributed by atoms with Crippen LogP contribution in [0.3, 0.4) is 0 Å². The van der Waals surface area contributed by atoms with Gasteiger partial charge >= 0.3 is 0 Å². The van der Waals surface area contributed by atoms with E-state index >= 15 is 0 Å². The zero-order chi connectivity index (χ0) is 24.9. The molecule has 5 rings (SSSR count). The number of nitrogens with zero attached hydrogens (tertiary/aromatic N) is 4. The van der Waals surface area contributed by atoms with Crippen molar-refractivity contribution in [2.75, 3.05) is 13.7 Å². The highest BCUT2D eigenvalue weighted by Crippen LogP contribution is 2.33. The zero-order valence-electron chi connectivity index (χ0n) is 19.7. The van der Waals surface area contributed by atoms with Gasteiger partial charge in [0, 0.05) is 42.5 Å². The van der Waals surface area contributed by atoms with E-state index in [9.17, 15) is 8.78 Å². The van der Waals surface area contributed by atoms with E-state index in [1.54, 1.807) is 13.2 Å². The molecule has 0 radical (unpaired) electrons. The monoisotopic (exact) mass is 502 g/mol. The maximum atomic E-state index is 13.7. The van der Waals surface area contributed by atoms with E-state index in [1.807, 2.05) is 54.6 Å². The molecule has 0 saturated heterocycles. The van der Waals surface area contributed by atoms with Crippen molar-refractivity contribution < 1.29 is 13.5 Å². The van der Waals surface area contributed by atoms with Crippen molar-refractivity contribution in [2.45, 2.75) is 23.9 Å². The molecule has 36 heavy (non-hydrogen) atoms. The van der Waals surface area contributed by atoms with Crippen molar-refractivity contribution in [1.29, 1.82) is 0 Å². The van der Waals surface area contributed by atoms with Crippen molar-refractivity contribution in [3.05, 3.63) is 96.1 Å². The van der Waals surface area contributed by atoms with Gasteiger partial charge in [0.05, 0.1) is 11.2 Å². The van der Waals surface area contributed by atoms with E-state index in [-0.39, 0.29) is 0 Å². The molecule has 5 aromatic rings. The van der Waals surface area contributed by atoms with Crippen LogP contribution in [0.2, 0.25) is 0 Å². The summed E-state index contributed by atoms with van der Waals surface area (Å²) in [6, 6.07) is 24.0. The van der Waals surface area contributed by atoms with Gasteiger partial charge in [0.1, 0.15) is 0 Å². The molecule has 0 aliphatic heterocycles. The molecular formula is C28H24F2N4OS. The van der Waals surface area contributed by atoms with Gasteiger partial charge in [0.15, 0.2) is 22.6 Å². The Morgan fingerprint density at radius 2 is 1.69 bits per heavy atom.